The molecule has 2 saturated heterocycles. The highest BCUT2D eigenvalue weighted by Gasteiger charge is 2.31. The van der Waals surface area contributed by atoms with Crippen LogP contribution in [0.3, 0.4) is 0 Å². The molecule has 0 spiro atoms. The van der Waals surface area contributed by atoms with E-state index in [9.17, 15) is 0 Å². The Labute approximate surface area is 80.4 Å². The highest BCUT2D eigenvalue weighted by atomic mass is 16.5. The van der Waals surface area contributed by atoms with E-state index in [4.69, 9.17) is 4.74 Å². The zero-order valence-electron chi connectivity index (χ0n) is 8.46. The molecular weight excluding hydrogens is 164 g/mol. The molecular formula is C10H20N2O. The van der Waals surface area contributed by atoms with Crippen molar-refractivity contribution in [2.45, 2.75) is 31.3 Å². The normalized spacial score (nSPS) is 35.8. The molecule has 2 aliphatic heterocycles. The van der Waals surface area contributed by atoms with Crippen LogP contribution in [0.1, 0.15) is 19.3 Å². The van der Waals surface area contributed by atoms with Gasteiger partial charge in [0, 0.05) is 25.7 Å². The quantitative estimate of drug-likeness (QED) is 0.689. The van der Waals surface area contributed by atoms with Crippen molar-refractivity contribution >= 4 is 0 Å². The van der Waals surface area contributed by atoms with E-state index in [0.717, 1.165) is 12.6 Å². The second-order valence-corrected chi connectivity index (χ2v) is 4.14. The van der Waals surface area contributed by atoms with Gasteiger partial charge in [0.15, 0.2) is 0 Å². The Morgan fingerprint density at radius 2 is 2.38 bits per heavy atom. The summed E-state index contributed by atoms with van der Waals surface area (Å²) in [7, 11) is 1.81. The minimum absolute atomic E-state index is 0.690. The summed E-state index contributed by atoms with van der Waals surface area (Å²) in [6.07, 6.45) is 4.00. The Morgan fingerprint density at radius 1 is 1.46 bits per heavy atom. The van der Waals surface area contributed by atoms with Crippen LogP contribution < -0.4 is 5.32 Å². The van der Waals surface area contributed by atoms with Gasteiger partial charge in [-0.1, -0.05) is 0 Å². The van der Waals surface area contributed by atoms with Crippen LogP contribution in [-0.4, -0.2) is 50.3 Å². The van der Waals surface area contributed by atoms with Gasteiger partial charge < -0.3 is 10.1 Å². The van der Waals surface area contributed by atoms with E-state index >= 15 is 0 Å². The zero-order valence-corrected chi connectivity index (χ0v) is 8.46. The van der Waals surface area contributed by atoms with Crippen molar-refractivity contribution in [3.05, 3.63) is 0 Å². The predicted molar refractivity (Wildman–Crippen MR) is 52.9 cm³/mol. The number of hydrogen-bond donors (Lipinski definition) is 1. The fourth-order valence-electron chi connectivity index (χ4n) is 2.63. The monoisotopic (exact) mass is 184 g/mol. The maximum absolute atomic E-state index is 5.25. The first-order valence-electron chi connectivity index (χ1n) is 5.37. The smallest absolute Gasteiger partial charge is 0.0618 e. The van der Waals surface area contributed by atoms with Crippen molar-refractivity contribution < 1.29 is 4.74 Å². The summed E-state index contributed by atoms with van der Waals surface area (Å²) >= 11 is 0. The SMILES string of the molecule is COC[C@H]1CCCN1[C@@H]1CCNC1. The van der Waals surface area contributed by atoms with E-state index < -0.39 is 0 Å². The van der Waals surface area contributed by atoms with Crippen molar-refractivity contribution in [1.29, 1.82) is 0 Å². The molecule has 3 heteroatoms. The molecule has 2 rings (SSSR count). The van der Waals surface area contributed by atoms with Crippen LogP contribution in [0.5, 0.6) is 0 Å². The fraction of sp³-hybridized carbons (Fsp3) is 1.00. The van der Waals surface area contributed by atoms with Crippen molar-refractivity contribution in [2.24, 2.45) is 0 Å². The third kappa shape index (κ3) is 2.03. The number of rotatable bonds is 3. The number of likely N-dealkylation sites (tertiary alicyclic amines) is 1. The van der Waals surface area contributed by atoms with Crippen LogP contribution in [0, 0.1) is 0 Å². The number of nitrogens with one attached hydrogen (secondary N) is 1. The number of ether oxygens (including phenoxy) is 1. The molecule has 2 atom stereocenters. The van der Waals surface area contributed by atoms with Crippen molar-refractivity contribution in [3.63, 3.8) is 0 Å². The van der Waals surface area contributed by atoms with Crippen LogP contribution in [0.2, 0.25) is 0 Å². The van der Waals surface area contributed by atoms with Gasteiger partial charge in [-0.2, -0.15) is 0 Å². The van der Waals surface area contributed by atoms with Crippen molar-refractivity contribution in [2.75, 3.05) is 33.4 Å². The van der Waals surface area contributed by atoms with Crippen LogP contribution in [0.15, 0.2) is 0 Å². The van der Waals surface area contributed by atoms with Gasteiger partial charge in [0.1, 0.15) is 0 Å². The van der Waals surface area contributed by atoms with E-state index in [-0.39, 0.29) is 0 Å². The lowest BCUT2D eigenvalue weighted by atomic mass is 10.2. The third-order valence-electron chi connectivity index (χ3n) is 3.29. The van der Waals surface area contributed by atoms with Gasteiger partial charge in [-0.05, 0) is 32.4 Å². The molecule has 0 bridgehead atoms. The molecule has 1 N–H and O–H groups in total. The van der Waals surface area contributed by atoms with Gasteiger partial charge in [-0.3, -0.25) is 4.90 Å². The first-order valence-corrected chi connectivity index (χ1v) is 5.37. The second kappa shape index (κ2) is 4.40. The second-order valence-electron chi connectivity index (χ2n) is 4.14. The van der Waals surface area contributed by atoms with Gasteiger partial charge in [-0.15, -0.1) is 0 Å². The van der Waals surface area contributed by atoms with Gasteiger partial charge in [-0.25, -0.2) is 0 Å². The topological polar surface area (TPSA) is 24.5 Å². The Balaban J connectivity index is 1.88. The molecule has 0 aromatic carbocycles. The lowest BCUT2D eigenvalue weighted by molar-refractivity contribution is 0.0939. The molecule has 0 aromatic heterocycles. The Bertz CT molecular complexity index is 157. The minimum Gasteiger partial charge on any atom is -0.383 e. The van der Waals surface area contributed by atoms with Gasteiger partial charge in [0.05, 0.1) is 6.61 Å². The molecule has 0 aliphatic carbocycles. The third-order valence-corrected chi connectivity index (χ3v) is 3.29. The predicted octanol–water partition coefficient (Wildman–Crippen LogP) is 0.459. The van der Waals surface area contributed by atoms with Gasteiger partial charge in [0.25, 0.3) is 0 Å². The van der Waals surface area contributed by atoms with Crippen molar-refractivity contribution in [3.8, 4) is 0 Å². The molecule has 0 radical (unpaired) electrons. The molecule has 76 valence electrons. The van der Waals surface area contributed by atoms with Gasteiger partial charge >= 0.3 is 0 Å². The lowest BCUT2D eigenvalue weighted by Gasteiger charge is -2.29. The zero-order chi connectivity index (χ0) is 9.10. The molecule has 0 unspecified atom stereocenters. The van der Waals surface area contributed by atoms with Gasteiger partial charge in [0.2, 0.25) is 0 Å². The molecule has 0 amide bonds. The molecule has 2 heterocycles. The van der Waals surface area contributed by atoms with Crippen LogP contribution >= 0.6 is 0 Å². The summed E-state index contributed by atoms with van der Waals surface area (Å²) in [6.45, 7) is 4.57. The Kier molecular flexibility index (Phi) is 3.19. The summed E-state index contributed by atoms with van der Waals surface area (Å²) in [5, 5.41) is 3.43. The Morgan fingerprint density at radius 3 is 3.08 bits per heavy atom. The highest BCUT2D eigenvalue weighted by Crippen LogP contribution is 2.22. The van der Waals surface area contributed by atoms with Crippen LogP contribution in [0.4, 0.5) is 0 Å². The Hall–Kier alpha value is -0.120. The number of hydrogen-bond acceptors (Lipinski definition) is 3. The fourth-order valence-corrected chi connectivity index (χ4v) is 2.63. The van der Waals surface area contributed by atoms with Crippen LogP contribution in [-0.2, 0) is 4.74 Å². The highest BCUT2D eigenvalue weighted by molar-refractivity contribution is 4.88. The first kappa shape index (κ1) is 9.44. The molecule has 0 saturated carbocycles. The summed E-state index contributed by atoms with van der Waals surface area (Å²) in [6, 6.07) is 1.47. The number of nitrogens with zero attached hydrogens (tertiary/aromatic N) is 1. The first-order chi connectivity index (χ1) is 6.42. The standard InChI is InChI=1S/C10H20N2O/c1-13-8-10-3-2-6-12(10)9-4-5-11-7-9/h9-11H,2-8H2,1H3/t9-,10-/m1/s1. The largest absolute Gasteiger partial charge is 0.383 e. The maximum Gasteiger partial charge on any atom is 0.0618 e. The minimum atomic E-state index is 0.690. The molecule has 3 nitrogen and oxygen atoms in total. The maximum atomic E-state index is 5.25. The summed E-state index contributed by atoms with van der Waals surface area (Å²) in [5.41, 5.74) is 0. The summed E-state index contributed by atoms with van der Waals surface area (Å²) < 4.78 is 5.25. The summed E-state index contributed by atoms with van der Waals surface area (Å²) in [4.78, 5) is 2.64. The molecule has 13 heavy (non-hydrogen) atoms. The molecule has 2 aliphatic rings. The van der Waals surface area contributed by atoms with E-state index in [2.05, 4.69) is 10.2 Å². The molecule has 2 fully saturated rings. The number of methoxy groups -OCH3 is 1. The summed E-state index contributed by atoms with van der Waals surface area (Å²) in [5.74, 6) is 0. The lowest BCUT2D eigenvalue weighted by Crippen LogP contribution is -2.42. The average molecular weight is 184 g/mol. The molecule has 0 aromatic rings. The average Bonchev–Trinajstić information content (AvgIpc) is 2.71. The van der Waals surface area contributed by atoms with Crippen molar-refractivity contribution in [1.82, 2.24) is 10.2 Å². The van der Waals surface area contributed by atoms with E-state index in [1.54, 1.807) is 0 Å². The van der Waals surface area contributed by atoms with E-state index in [1.165, 1.54) is 38.9 Å². The van der Waals surface area contributed by atoms with E-state index in [1.807, 2.05) is 7.11 Å². The van der Waals surface area contributed by atoms with E-state index in [0.29, 0.717) is 6.04 Å². The van der Waals surface area contributed by atoms with Crippen LogP contribution in [0.25, 0.3) is 0 Å².